The van der Waals surface area contributed by atoms with Gasteiger partial charge in [0.15, 0.2) is 0 Å². The summed E-state index contributed by atoms with van der Waals surface area (Å²) >= 11 is 0. The van der Waals surface area contributed by atoms with Crippen LogP contribution in [-0.2, 0) is 0 Å². The highest BCUT2D eigenvalue weighted by molar-refractivity contribution is 5.18. The molecule has 0 aliphatic rings. The molecule has 2 N–H and O–H groups in total. The Morgan fingerprint density at radius 3 is 1.37 bits per heavy atom. The Labute approximate surface area is 114 Å². The summed E-state index contributed by atoms with van der Waals surface area (Å²) in [6.07, 6.45) is 1.27. The Bertz CT molecular complexity index is 422. The Morgan fingerprint density at radius 1 is 0.632 bits per heavy atom. The van der Waals surface area contributed by atoms with Crippen LogP contribution in [0, 0.1) is 0 Å². The molecule has 0 unspecified atom stereocenters. The van der Waals surface area contributed by atoms with Crippen LogP contribution >= 0.6 is 0 Å². The van der Waals surface area contributed by atoms with Crippen LogP contribution in [0.15, 0.2) is 60.7 Å². The zero-order valence-electron chi connectivity index (χ0n) is 10.9. The van der Waals surface area contributed by atoms with Crippen molar-refractivity contribution in [2.75, 3.05) is 0 Å². The quantitative estimate of drug-likeness (QED) is 0.828. The van der Waals surface area contributed by atoms with E-state index in [1.807, 2.05) is 60.7 Å². The van der Waals surface area contributed by atoms with Crippen molar-refractivity contribution in [1.29, 1.82) is 0 Å². The fourth-order valence-corrected chi connectivity index (χ4v) is 2.19. The minimum Gasteiger partial charge on any atom is -0.388 e. The molecule has 0 heterocycles. The van der Waals surface area contributed by atoms with E-state index >= 15 is 0 Å². The van der Waals surface area contributed by atoms with Crippen molar-refractivity contribution in [1.82, 2.24) is 0 Å². The number of rotatable bonds is 6. The average molecular weight is 256 g/mol. The van der Waals surface area contributed by atoms with E-state index in [4.69, 9.17) is 0 Å². The molecule has 100 valence electrons. The Balaban J connectivity index is 1.78. The van der Waals surface area contributed by atoms with Crippen LogP contribution < -0.4 is 0 Å². The molecule has 2 aromatic rings. The van der Waals surface area contributed by atoms with E-state index in [0.717, 1.165) is 17.5 Å². The van der Waals surface area contributed by atoms with E-state index in [1.165, 1.54) is 0 Å². The van der Waals surface area contributed by atoms with Gasteiger partial charge in [-0.05, 0) is 30.4 Å². The number of hydrogen-bond acceptors (Lipinski definition) is 2. The number of benzene rings is 2. The Kier molecular flexibility index (Phi) is 5.13. The normalized spacial score (nSPS) is 14.0. The lowest BCUT2D eigenvalue weighted by atomic mass is 10.00. The summed E-state index contributed by atoms with van der Waals surface area (Å²) in [5, 5.41) is 20.0. The lowest BCUT2D eigenvalue weighted by Gasteiger charge is -2.13. The summed E-state index contributed by atoms with van der Waals surface area (Å²) in [5.74, 6) is 0. The molecule has 0 aliphatic heterocycles. The van der Waals surface area contributed by atoms with E-state index in [1.54, 1.807) is 0 Å². The molecule has 2 atom stereocenters. The van der Waals surface area contributed by atoms with Gasteiger partial charge in [-0.25, -0.2) is 0 Å². The third-order valence-electron chi connectivity index (χ3n) is 3.32. The fourth-order valence-electron chi connectivity index (χ4n) is 2.19. The van der Waals surface area contributed by atoms with Crippen LogP contribution in [0.1, 0.15) is 42.6 Å². The number of aliphatic hydroxyl groups is 2. The topological polar surface area (TPSA) is 40.5 Å². The van der Waals surface area contributed by atoms with Crippen molar-refractivity contribution in [3.63, 3.8) is 0 Å². The van der Waals surface area contributed by atoms with E-state index in [-0.39, 0.29) is 0 Å². The zero-order chi connectivity index (χ0) is 13.5. The summed E-state index contributed by atoms with van der Waals surface area (Å²) in [6, 6.07) is 19.3. The van der Waals surface area contributed by atoms with Gasteiger partial charge >= 0.3 is 0 Å². The maximum Gasteiger partial charge on any atom is 0.0790 e. The van der Waals surface area contributed by atoms with Crippen molar-refractivity contribution in [2.24, 2.45) is 0 Å². The van der Waals surface area contributed by atoms with Gasteiger partial charge in [-0.15, -0.1) is 0 Å². The van der Waals surface area contributed by atoms with Gasteiger partial charge < -0.3 is 10.2 Å². The minimum atomic E-state index is -0.441. The second-order valence-corrected chi connectivity index (χ2v) is 4.78. The molecule has 2 rings (SSSR count). The monoisotopic (exact) mass is 256 g/mol. The third-order valence-corrected chi connectivity index (χ3v) is 3.32. The van der Waals surface area contributed by atoms with Crippen molar-refractivity contribution in [3.05, 3.63) is 71.8 Å². The smallest absolute Gasteiger partial charge is 0.0790 e. The summed E-state index contributed by atoms with van der Waals surface area (Å²) in [6.45, 7) is 0. The van der Waals surface area contributed by atoms with Crippen LogP contribution in [0.3, 0.4) is 0 Å². The van der Waals surface area contributed by atoms with E-state index in [9.17, 15) is 10.2 Å². The lowest BCUT2D eigenvalue weighted by Crippen LogP contribution is -2.01. The summed E-state index contributed by atoms with van der Waals surface area (Å²) in [7, 11) is 0. The average Bonchev–Trinajstić information content (AvgIpc) is 2.49. The molecular weight excluding hydrogens is 236 g/mol. The molecule has 0 aliphatic carbocycles. The molecule has 0 bridgehead atoms. The lowest BCUT2D eigenvalue weighted by molar-refractivity contribution is 0.135. The first-order chi connectivity index (χ1) is 9.27. The molecule has 19 heavy (non-hydrogen) atoms. The van der Waals surface area contributed by atoms with Crippen LogP contribution in [0.5, 0.6) is 0 Å². The van der Waals surface area contributed by atoms with Crippen molar-refractivity contribution in [2.45, 2.75) is 31.5 Å². The minimum absolute atomic E-state index is 0.441. The highest BCUT2D eigenvalue weighted by Crippen LogP contribution is 2.23. The van der Waals surface area contributed by atoms with Crippen molar-refractivity contribution in [3.8, 4) is 0 Å². The van der Waals surface area contributed by atoms with Gasteiger partial charge in [-0.2, -0.15) is 0 Å². The van der Waals surface area contributed by atoms with Crippen LogP contribution in [0.25, 0.3) is 0 Å². The Hall–Kier alpha value is -1.64. The molecule has 2 heteroatoms. The maximum absolute atomic E-state index is 10.0. The third kappa shape index (κ3) is 4.19. The molecule has 2 aromatic carbocycles. The molecule has 0 aromatic heterocycles. The Morgan fingerprint density at radius 2 is 1.00 bits per heavy atom. The predicted molar refractivity (Wildman–Crippen MR) is 76.7 cm³/mol. The highest BCUT2D eigenvalue weighted by Gasteiger charge is 2.10. The first kappa shape index (κ1) is 13.8. The van der Waals surface area contributed by atoms with Crippen molar-refractivity contribution >= 4 is 0 Å². The van der Waals surface area contributed by atoms with E-state index in [0.29, 0.717) is 12.8 Å². The molecule has 0 saturated carbocycles. The first-order valence-electron chi connectivity index (χ1n) is 6.73. The van der Waals surface area contributed by atoms with Crippen LogP contribution in [0.4, 0.5) is 0 Å². The van der Waals surface area contributed by atoms with Gasteiger partial charge in [-0.3, -0.25) is 0 Å². The highest BCUT2D eigenvalue weighted by atomic mass is 16.3. The standard InChI is InChI=1S/C17H20O2/c18-16(14-8-3-1-4-9-14)12-7-13-17(19)15-10-5-2-6-11-15/h1-6,8-11,16-19H,7,12-13H2/t16-,17+. The summed E-state index contributed by atoms with van der Waals surface area (Å²) in [4.78, 5) is 0. The molecule has 0 radical (unpaired) electrons. The fraction of sp³-hybridized carbons (Fsp3) is 0.294. The van der Waals surface area contributed by atoms with E-state index in [2.05, 4.69) is 0 Å². The predicted octanol–water partition coefficient (Wildman–Crippen LogP) is 3.62. The second-order valence-electron chi connectivity index (χ2n) is 4.78. The molecule has 2 nitrogen and oxygen atoms in total. The van der Waals surface area contributed by atoms with Crippen LogP contribution in [0.2, 0.25) is 0 Å². The summed E-state index contributed by atoms with van der Waals surface area (Å²) in [5.41, 5.74) is 1.88. The molecular formula is C17H20O2. The van der Waals surface area contributed by atoms with Crippen LogP contribution in [-0.4, -0.2) is 10.2 Å². The van der Waals surface area contributed by atoms with Gasteiger partial charge in [0.2, 0.25) is 0 Å². The molecule has 0 fully saturated rings. The van der Waals surface area contributed by atoms with Gasteiger partial charge in [-0.1, -0.05) is 60.7 Å². The SMILES string of the molecule is O[C@H](CCC[C@H](O)c1ccccc1)c1ccccc1. The van der Waals surface area contributed by atoms with E-state index < -0.39 is 12.2 Å². The number of hydrogen-bond donors (Lipinski definition) is 2. The van der Waals surface area contributed by atoms with Gasteiger partial charge in [0.05, 0.1) is 12.2 Å². The maximum atomic E-state index is 10.0. The molecule has 0 saturated heterocycles. The molecule has 0 amide bonds. The second kappa shape index (κ2) is 7.07. The number of aliphatic hydroxyl groups excluding tert-OH is 2. The van der Waals surface area contributed by atoms with Gasteiger partial charge in [0.25, 0.3) is 0 Å². The molecule has 0 spiro atoms. The van der Waals surface area contributed by atoms with Gasteiger partial charge in [0.1, 0.15) is 0 Å². The largest absolute Gasteiger partial charge is 0.388 e. The van der Waals surface area contributed by atoms with Crippen molar-refractivity contribution < 1.29 is 10.2 Å². The first-order valence-corrected chi connectivity index (χ1v) is 6.73. The summed E-state index contributed by atoms with van der Waals surface area (Å²) < 4.78 is 0. The van der Waals surface area contributed by atoms with Gasteiger partial charge in [0, 0.05) is 0 Å². The zero-order valence-corrected chi connectivity index (χ0v) is 10.9.